The minimum atomic E-state index is -0.466. The smallest absolute Gasteiger partial charge is 0.248 e. The van der Waals surface area contributed by atoms with Crippen LogP contribution in [0.2, 0.25) is 0 Å². The van der Waals surface area contributed by atoms with Gasteiger partial charge in [0.2, 0.25) is 5.91 Å². The van der Waals surface area contributed by atoms with Crippen LogP contribution in [0.4, 0.5) is 10.1 Å². The fourth-order valence-corrected chi connectivity index (χ4v) is 2.25. The highest BCUT2D eigenvalue weighted by Gasteiger charge is 2.03. The van der Waals surface area contributed by atoms with Gasteiger partial charge in [-0.3, -0.25) is 4.79 Å². The van der Waals surface area contributed by atoms with Gasteiger partial charge in [0.25, 0.3) is 0 Å². The molecule has 5 heteroatoms. The molecule has 0 unspecified atom stereocenters. The van der Waals surface area contributed by atoms with E-state index in [1.807, 2.05) is 12.1 Å². The van der Waals surface area contributed by atoms with Gasteiger partial charge in [-0.1, -0.05) is 18.2 Å². The number of anilines is 1. The van der Waals surface area contributed by atoms with Crippen molar-refractivity contribution in [1.29, 1.82) is 0 Å². The monoisotopic (exact) mass is 349 g/mol. The van der Waals surface area contributed by atoms with E-state index in [9.17, 15) is 9.18 Å². The van der Waals surface area contributed by atoms with Crippen molar-refractivity contribution in [2.45, 2.75) is 0 Å². The maximum atomic E-state index is 13.4. The topological polar surface area (TPSA) is 38.3 Å². The summed E-state index contributed by atoms with van der Waals surface area (Å²) in [7, 11) is 1.58. The molecule has 0 aromatic heterocycles. The zero-order chi connectivity index (χ0) is 15.2. The van der Waals surface area contributed by atoms with Crippen LogP contribution in [0.15, 0.2) is 53.0 Å². The molecule has 2 aromatic rings. The summed E-state index contributed by atoms with van der Waals surface area (Å²) in [5.41, 5.74) is 0.981. The predicted octanol–water partition coefficient (Wildman–Crippen LogP) is 4.25. The van der Waals surface area contributed by atoms with Crippen LogP contribution in [0.1, 0.15) is 5.56 Å². The molecule has 2 rings (SSSR count). The van der Waals surface area contributed by atoms with E-state index in [1.165, 1.54) is 18.2 Å². The third kappa shape index (κ3) is 4.16. The summed E-state index contributed by atoms with van der Waals surface area (Å²) in [6.45, 7) is 0. The molecule has 0 atom stereocenters. The molecule has 108 valence electrons. The minimum Gasteiger partial charge on any atom is -0.496 e. The number of hydrogen-bond acceptors (Lipinski definition) is 2. The summed E-state index contributed by atoms with van der Waals surface area (Å²) in [6.07, 6.45) is 2.99. The molecule has 0 radical (unpaired) electrons. The van der Waals surface area contributed by atoms with Crippen LogP contribution >= 0.6 is 15.9 Å². The fourth-order valence-electron chi connectivity index (χ4n) is 1.70. The van der Waals surface area contributed by atoms with Crippen molar-refractivity contribution in [3.8, 4) is 5.75 Å². The molecule has 0 fully saturated rings. The third-order valence-corrected chi connectivity index (χ3v) is 3.35. The Balaban J connectivity index is 2.05. The van der Waals surface area contributed by atoms with Crippen LogP contribution in [-0.2, 0) is 4.79 Å². The number of carbonyl (C=O) groups excluding carboxylic acids is 1. The lowest BCUT2D eigenvalue weighted by Crippen LogP contribution is -2.08. The van der Waals surface area contributed by atoms with Gasteiger partial charge >= 0.3 is 0 Å². The predicted molar refractivity (Wildman–Crippen MR) is 84.8 cm³/mol. The van der Waals surface area contributed by atoms with Crippen LogP contribution in [0.3, 0.4) is 0 Å². The van der Waals surface area contributed by atoms with Gasteiger partial charge in [-0.05, 0) is 51.8 Å². The van der Waals surface area contributed by atoms with Gasteiger partial charge in [0.05, 0.1) is 17.3 Å². The Hall–Kier alpha value is -2.14. The number of nitrogens with one attached hydrogen (secondary N) is 1. The second-order valence-electron chi connectivity index (χ2n) is 4.20. The van der Waals surface area contributed by atoms with Crippen LogP contribution < -0.4 is 10.1 Å². The number of halogens is 2. The second-order valence-corrected chi connectivity index (χ2v) is 5.05. The quantitative estimate of drug-likeness (QED) is 0.838. The van der Waals surface area contributed by atoms with Crippen molar-refractivity contribution < 1.29 is 13.9 Å². The molecule has 0 aliphatic carbocycles. The highest BCUT2D eigenvalue weighted by molar-refractivity contribution is 9.10. The molecule has 0 saturated carbocycles. The summed E-state index contributed by atoms with van der Waals surface area (Å²) in [5, 5.41) is 2.48. The van der Waals surface area contributed by atoms with E-state index < -0.39 is 11.7 Å². The number of methoxy groups -OCH3 is 1. The van der Waals surface area contributed by atoms with Crippen molar-refractivity contribution >= 4 is 33.6 Å². The summed E-state index contributed by atoms with van der Waals surface area (Å²) in [5.74, 6) is -0.151. The van der Waals surface area contributed by atoms with E-state index in [0.29, 0.717) is 5.75 Å². The van der Waals surface area contributed by atoms with Gasteiger partial charge in [-0.25, -0.2) is 4.39 Å². The SMILES string of the molecule is COc1ccc(/C=C/C(=O)Nc2ccccc2F)cc1Br. The molecule has 0 aliphatic rings. The van der Waals surface area contributed by atoms with Crippen molar-refractivity contribution in [3.63, 3.8) is 0 Å². The number of amides is 1. The number of para-hydroxylation sites is 1. The number of hydrogen-bond donors (Lipinski definition) is 1. The Kier molecular flexibility index (Phi) is 5.11. The lowest BCUT2D eigenvalue weighted by Gasteiger charge is -2.04. The Morgan fingerprint density at radius 1 is 1.29 bits per heavy atom. The van der Waals surface area contributed by atoms with Gasteiger partial charge in [0.1, 0.15) is 11.6 Å². The van der Waals surface area contributed by atoms with Gasteiger partial charge in [0.15, 0.2) is 0 Å². The number of rotatable bonds is 4. The number of ether oxygens (including phenoxy) is 1. The normalized spacial score (nSPS) is 10.6. The Morgan fingerprint density at radius 3 is 2.71 bits per heavy atom. The Bertz CT molecular complexity index is 686. The fraction of sp³-hybridized carbons (Fsp3) is 0.0625. The second kappa shape index (κ2) is 7.04. The average Bonchev–Trinajstić information content (AvgIpc) is 2.48. The summed E-state index contributed by atoms with van der Waals surface area (Å²) in [4.78, 5) is 11.7. The molecule has 0 spiro atoms. The summed E-state index contributed by atoms with van der Waals surface area (Å²) < 4.78 is 19.3. The maximum Gasteiger partial charge on any atom is 0.248 e. The molecule has 0 bridgehead atoms. The standard InChI is InChI=1S/C16H13BrFNO2/c1-21-15-8-6-11(10-12(15)17)7-9-16(20)19-14-5-3-2-4-13(14)18/h2-10H,1H3,(H,19,20)/b9-7+. The first-order valence-electron chi connectivity index (χ1n) is 6.17. The van der Waals surface area contributed by atoms with Crippen LogP contribution in [-0.4, -0.2) is 13.0 Å². The molecule has 1 N–H and O–H groups in total. The van der Waals surface area contributed by atoms with E-state index in [2.05, 4.69) is 21.2 Å². The highest BCUT2D eigenvalue weighted by atomic mass is 79.9. The van der Waals surface area contributed by atoms with E-state index in [1.54, 1.807) is 31.4 Å². The lowest BCUT2D eigenvalue weighted by atomic mass is 10.2. The molecule has 0 saturated heterocycles. The largest absolute Gasteiger partial charge is 0.496 e. The van der Waals surface area contributed by atoms with Crippen LogP contribution in [0, 0.1) is 5.82 Å². The number of benzene rings is 2. The van der Waals surface area contributed by atoms with E-state index in [0.717, 1.165) is 10.0 Å². The molecular weight excluding hydrogens is 337 g/mol. The Labute approximate surface area is 130 Å². The van der Waals surface area contributed by atoms with E-state index >= 15 is 0 Å². The first kappa shape index (κ1) is 15.3. The zero-order valence-electron chi connectivity index (χ0n) is 11.3. The molecule has 1 amide bonds. The molecular formula is C16H13BrFNO2. The summed E-state index contributed by atoms with van der Waals surface area (Å²) in [6, 6.07) is 11.4. The average molecular weight is 350 g/mol. The molecule has 0 heterocycles. The van der Waals surface area contributed by atoms with Crippen molar-refractivity contribution in [3.05, 3.63) is 64.4 Å². The van der Waals surface area contributed by atoms with Crippen LogP contribution in [0.5, 0.6) is 5.75 Å². The van der Waals surface area contributed by atoms with Crippen molar-refractivity contribution in [2.75, 3.05) is 12.4 Å². The highest BCUT2D eigenvalue weighted by Crippen LogP contribution is 2.26. The molecule has 3 nitrogen and oxygen atoms in total. The minimum absolute atomic E-state index is 0.156. The van der Waals surface area contributed by atoms with Gasteiger partial charge < -0.3 is 10.1 Å². The zero-order valence-corrected chi connectivity index (χ0v) is 12.9. The first-order chi connectivity index (χ1) is 10.1. The van der Waals surface area contributed by atoms with Crippen LogP contribution in [0.25, 0.3) is 6.08 Å². The maximum absolute atomic E-state index is 13.4. The summed E-state index contributed by atoms with van der Waals surface area (Å²) >= 11 is 3.37. The third-order valence-electron chi connectivity index (χ3n) is 2.73. The number of carbonyl (C=O) groups is 1. The van der Waals surface area contributed by atoms with Crippen molar-refractivity contribution in [2.24, 2.45) is 0 Å². The van der Waals surface area contributed by atoms with E-state index in [-0.39, 0.29) is 5.69 Å². The van der Waals surface area contributed by atoms with Gasteiger partial charge in [-0.15, -0.1) is 0 Å². The van der Waals surface area contributed by atoms with Gasteiger partial charge in [-0.2, -0.15) is 0 Å². The van der Waals surface area contributed by atoms with E-state index in [4.69, 9.17) is 4.74 Å². The van der Waals surface area contributed by atoms with Crippen molar-refractivity contribution in [1.82, 2.24) is 0 Å². The lowest BCUT2D eigenvalue weighted by molar-refractivity contribution is -0.111. The Morgan fingerprint density at radius 2 is 2.05 bits per heavy atom. The molecule has 0 aliphatic heterocycles. The van der Waals surface area contributed by atoms with Gasteiger partial charge in [0, 0.05) is 6.08 Å². The molecule has 2 aromatic carbocycles. The first-order valence-corrected chi connectivity index (χ1v) is 6.96. The molecule has 21 heavy (non-hydrogen) atoms.